The van der Waals surface area contributed by atoms with Crippen LogP contribution in [0.15, 0.2) is 0 Å². The van der Waals surface area contributed by atoms with Crippen molar-refractivity contribution >= 4 is 5.97 Å². The number of carboxylic acid groups (broad SMARTS) is 1. The zero-order chi connectivity index (χ0) is 26.3. The minimum Gasteiger partial charge on any atom is -0.481 e. The quantitative estimate of drug-likeness (QED) is 0.186. The van der Waals surface area contributed by atoms with Gasteiger partial charge in [-0.2, -0.15) is 0 Å². The molecule has 35 heavy (non-hydrogen) atoms. The van der Waals surface area contributed by atoms with E-state index in [0.29, 0.717) is 19.8 Å². The smallest absolute Gasteiger partial charge is 0.306 e. The number of carboxylic acids is 1. The van der Waals surface area contributed by atoms with Gasteiger partial charge in [-0.05, 0) is 19.3 Å². The van der Waals surface area contributed by atoms with Gasteiger partial charge in [-0.1, -0.05) is 47.0 Å². The molecule has 0 aromatic heterocycles. The number of hydrogen-bond acceptors (Lipinski definition) is 7. The van der Waals surface area contributed by atoms with E-state index in [1.165, 1.54) is 14.0 Å². The van der Waals surface area contributed by atoms with Gasteiger partial charge in [-0.3, -0.25) is 4.79 Å². The van der Waals surface area contributed by atoms with Crippen LogP contribution >= 0.6 is 0 Å². The summed E-state index contributed by atoms with van der Waals surface area (Å²) < 4.78 is 65.8. The van der Waals surface area contributed by atoms with Crippen LogP contribution < -0.4 is 0 Å². The molecule has 1 heterocycles. The number of carbonyl (C=O) groups is 1. The molecule has 0 bridgehead atoms. The molecule has 208 valence electrons. The maximum absolute atomic E-state index is 15.6. The van der Waals surface area contributed by atoms with Crippen LogP contribution in [0, 0.1) is 5.92 Å². The molecule has 0 radical (unpaired) electrons. The topological polar surface area (TPSA) is 92.7 Å². The normalized spacial score (nSPS) is 26.1. The van der Waals surface area contributed by atoms with E-state index in [1.807, 2.05) is 20.8 Å². The fourth-order valence-corrected chi connectivity index (χ4v) is 3.89. The summed E-state index contributed by atoms with van der Waals surface area (Å²) in [5.74, 6) is -6.07. The van der Waals surface area contributed by atoms with Gasteiger partial charge in [0, 0.05) is 33.4 Å². The van der Waals surface area contributed by atoms with Crippen LogP contribution in [-0.2, 0) is 33.2 Å². The van der Waals surface area contributed by atoms with Crippen molar-refractivity contribution in [2.24, 2.45) is 5.92 Å². The van der Waals surface area contributed by atoms with Crippen LogP contribution in [0.5, 0.6) is 0 Å². The third-order valence-corrected chi connectivity index (χ3v) is 5.97. The molecule has 0 aliphatic carbocycles. The van der Waals surface area contributed by atoms with Crippen molar-refractivity contribution < 1.29 is 47.1 Å². The third kappa shape index (κ3) is 10.9. The van der Waals surface area contributed by atoms with E-state index in [2.05, 4.69) is 0 Å². The van der Waals surface area contributed by atoms with Gasteiger partial charge >= 0.3 is 5.97 Å². The van der Waals surface area contributed by atoms with E-state index >= 15 is 8.78 Å². The highest BCUT2D eigenvalue weighted by Crippen LogP contribution is 2.39. The highest BCUT2D eigenvalue weighted by molar-refractivity contribution is 5.69. The van der Waals surface area contributed by atoms with Gasteiger partial charge in [0.15, 0.2) is 6.10 Å². The van der Waals surface area contributed by atoms with Gasteiger partial charge < -0.3 is 33.5 Å². The van der Waals surface area contributed by atoms with E-state index in [9.17, 15) is 9.90 Å². The molecular weight excluding hydrogens is 466 g/mol. The Balaban J connectivity index is 3.31. The first-order valence-electron chi connectivity index (χ1n) is 12.9. The number of methoxy groups -OCH3 is 1. The minimum atomic E-state index is -3.50. The summed E-state index contributed by atoms with van der Waals surface area (Å²) in [5.41, 5.74) is 0. The lowest BCUT2D eigenvalue weighted by atomic mass is 9.88. The lowest BCUT2D eigenvalue weighted by molar-refractivity contribution is -0.314. The summed E-state index contributed by atoms with van der Waals surface area (Å²) in [6.07, 6.45) is -1.17. The molecule has 1 aliphatic heterocycles. The molecule has 6 atom stereocenters. The summed E-state index contributed by atoms with van der Waals surface area (Å²) in [6.45, 7) is 8.37. The Labute approximate surface area is 208 Å². The monoisotopic (exact) mass is 512 g/mol. The Morgan fingerprint density at radius 3 is 2.06 bits per heavy atom. The fraction of sp³-hybridized carbons (Fsp3) is 0.960. The molecule has 1 rings (SSSR count). The van der Waals surface area contributed by atoms with Crippen LogP contribution in [-0.4, -0.2) is 87.8 Å². The molecular formula is C25H46F2O8. The van der Waals surface area contributed by atoms with Gasteiger partial charge in [0.25, 0.3) is 5.92 Å². The molecule has 10 heteroatoms. The summed E-state index contributed by atoms with van der Waals surface area (Å²) in [4.78, 5) is 11.3. The Morgan fingerprint density at radius 1 is 0.943 bits per heavy atom. The van der Waals surface area contributed by atoms with Crippen molar-refractivity contribution in [2.45, 2.75) is 109 Å². The van der Waals surface area contributed by atoms with Crippen LogP contribution in [0.2, 0.25) is 0 Å². The molecule has 0 aromatic carbocycles. The van der Waals surface area contributed by atoms with E-state index < -0.39 is 54.8 Å². The Morgan fingerprint density at radius 2 is 1.51 bits per heavy atom. The average molecular weight is 513 g/mol. The van der Waals surface area contributed by atoms with Crippen LogP contribution in [0.1, 0.15) is 72.6 Å². The number of alkyl halides is 2. The van der Waals surface area contributed by atoms with Crippen LogP contribution in [0.3, 0.4) is 0 Å². The molecule has 1 saturated heterocycles. The Hall–Kier alpha value is -0.910. The summed E-state index contributed by atoms with van der Waals surface area (Å²) >= 11 is 0. The molecule has 0 unspecified atom stereocenters. The Kier molecular flexibility index (Phi) is 16.1. The lowest BCUT2D eigenvalue weighted by Crippen LogP contribution is -2.65. The summed E-state index contributed by atoms with van der Waals surface area (Å²) in [7, 11) is 1.40. The number of ether oxygens (including phenoxy) is 6. The maximum Gasteiger partial charge on any atom is 0.306 e. The maximum atomic E-state index is 15.6. The average Bonchev–Trinajstić information content (AvgIpc) is 2.81. The van der Waals surface area contributed by atoms with E-state index in [0.717, 1.165) is 38.5 Å². The highest BCUT2D eigenvalue weighted by Gasteiger charge is 2.57. The number of aliphatic carboxylic acids is 1. The molecule has 0 spiro atoms. The first-order valence-corrected chi connectivity index (χ1v) is 12.9. The summed E-state index contributed by atoms with van der Waals surface area (Å²) in [6, 6.07) is 0. The number of halogens is 2. The highest BCUT2D eigenvalue weighted by atomic mass is 19.3. The van der Waals surface area contributed by atoms with Gasteiger partial charge in [0.2, 0.25) is 0 Å². The largest absolute Gasteiger partial charge is 0.481 e. The van der Waals surface area contributed by atoms with Gasteiger partial charge in [0.1, 0.15) is 31.2 Å². The van der Waals surface area contributed by atoms with Crippen molar-refractivity contribution in [3.63, 3.8) is 0 Å². The van der Waals surface area contributed by atoms with Crippen molar-refractivity contribution in [3.05, 3.63) is 0 Å². The number of hydrogen-bond donors (Lipinski definition) is 1. The number of unbranched alkanes of at least 4 members (excludes halogenated alkanes) is 3. The van der Waals surface area contributed by atoms with Gasteiger partial charge in [0.05, 0.1) is 12.5 Å². The lowest BCUT2D eigenvalue weighted by Gasteiger charge is -2.48. The standard InChI is InChI=1S/C25H46F2O8/c1-6-9-12-31-16-19-20(32-13-10-7-2)21(33-14-11-8-3)22(34-17-30-5)23(35-19)25(26,27)15-18(4)24(28)29/h18-23H,6-17H2,1-5H3,(H,28,29)/t18-,19+,20-,21-,22+,23-/m0/s1. The second-order valence-electron chi connectivity index (χ2n) is 9.14. The van der Waals surface area contributed by atoms with Crippen molar-refractivity contribution in [2.75, 3.05) is 40.3 Å². The van der Waals surface area contributed by atoms with Crippen molar-refractivity contribution in [3.8, 4) is 0 Å². The van der Waals surface area contributed by atoms with Crippen molar-refractivity contribution in [1.29, 1.82) is 0 Å². The molecule has 1 N–H and O–H groups in total. The summed E-state index contributed by atoms with van der Waals surface area (Å²) in [5, 5.41) is 9.24. The van der Waals surface area contributed by atoms with Crippen LogP contribution in [0.4, 0.5) is 8.78 Å². The van der Waals surface area contributed by atoms with Gasteiger partial charge in [-0.25, -0.2) is 8.78 Å². The van der Waals surface area contributed by atoms with Crippen LogP contribution in [0.25, 0.3) is 0 Å². The third-order valence-electron chi connectivity index (χ3n) is 5.97. The molecule has 0 aromatic rings. The van der Waals surface area contributed by atoms with E-state index in [1.54, 1.807) is 0 Å². The first-order chi connectivity index (χ1) is 16.7. The zero-order valence-corrected chi connectivity index (χ0v) is 22.0. The first kappa shape index (κ1) is 32.1. The fourth-order valence-electron chi connectivity index (χ4n) is 3.89. The molecule has 0 amide bonds. The minimum absolute atomic E-state index is 0.0580. The molecule has 1 aliphatic rings. The molecule has 1 fully saturated rings. The second-order valence-corrected chi connectivity index (χ2v) is 9.14. The Bertz CT molecular complexity index is 566. The second kappa shape index (κ2) is 17.5. The van der Waals surface area contributed by atoms with Gasteiger partial charge in [-0.15, -0.1) is 0 Å². The predicted molar refractivity (Wildman–Crippen MR) is 127 cm³/mol. The SMILES string of the molecule is CCCCOC[C@H]1O[C@H](C(F)(F)C[C@H](C)C(=O)O)[C@H](OCOC)[C@@H](OCCCC)[C@H]1OCCCC. The van der Waals surface area contributed by atoms with Crippen molar-refractivity contribution in [1.82, 2.24) is 0 Å². The molecule has 0 saturated carbocycles. The molecule has 8 nitrogen and oxygen atoms in total. The van der Waals surface area contributed by atoms with E-state index in [-0.39, 0.29) is 13.4 Å². The number of rotatable bonds is 20. The zero-order valence-electron chi connectivity index (χ0n) is 22.0. The van der Waals surface area contributed by atoms with E-state index in [4.69, 9.17) is 28.4 Å². The predicted octanol–water partition coefficient (Wildman–Crippen LogP) is 4.68.